The first kappa shape index (κ1) is 12.6. The van der Waals surface area contributed by atoms with Crippen LogP contribution in [0.2, 0.25) is 0 Å². The van der Waals surface area contributed by atoms with Gasteiger partial charge in [0.15, 0.2) is 0 Å². The van der Waals surface area contributed by atoms with Crippen LogP contribution in [0.1, 0.15) is 5.56 Å². The number of hydrogen-bond acceptors (Lipinski definition) is 3. The quantitative estimate of drug-likeness (QED) is 0.458. The Balaban J connectivity index is 2.52. The van der Waals surface area contributed by atoms with Crippen LogP contribution in [-0.4, -0.2) is 11.4 Å². The van der Waals surface area contributed by atoms with Crippen molar-refractivity contribution in [3.05, 3.63) is 23.8 Å². The third kappa shape index (κ3) is 2.51. The van der Waals surface area contributed by atoms with Gasteiger partial charge in [-0.3, -0.25) is 4.79 Å². The van der Waals surface area contributed by atoms with Crippen molar-refractivity contribution in [3.8, 4) is 0 Å². The van der Waals surface area contributed by atoms with Gasteiger partial charge in [0, 0.05) is 0 Å². The molecule has 2 rings (SSSR count). The molecule has 1 heterocycles. The molecule has 0 aliphatic heterocycles. The highest BCUT2D eigenvalue weighted by molar-refractivity contribution is 14.1. The summed E-state index contributed by atoms with van der Waals surface area (Å²) < 4.78 is 39.0. The van der Waals surface area contributed by atoms with Crippen LogP contribution in [0.5, 0.6) is 0 Å². The van der Waals surface area contributed by atoms with Gasteiger partial charge in [0.05, 0.1) is 38.6 Å². The highest BCUT2D eigenvalue weighted by Gasteiger charge is 2.30. The van der Waals surface area contributed by atoms with E-state index in [-0.39, 0.29) is 0 Å². The second-order valence-corrected chi connectivity index (χ2v) is 5.14. The van der Waals surface area contributed by atoms with E-state index in [1.54, 1.807) is 22.9 Å². The lowest BCUT2D eigenvalue weighted by molar-refractivity contribution is -0.137. The van der Waals surface area contributed by atoms with Gasteiger partial charge in [-0.2, -0.15) is 13.2 Å². The van der Waals surface area contributed by atoms with E-state index in [1.807, 2.05) is 0 Å². The molecule has 90 valence electrons. The molecule has 8 heteroatoms. The zero-order valence-electron chi connectivity index (χ0n) is 8.03. The summed E-state index contributed by atoms with van der Waals surface area (Å²) in [5, 5.41) is 0.356. The number of anilines is 1. The zero-order chi connectivity index (χ0) is 12.6. The van der Waals surface area contributed by atoms with Crippen LogP contribution in [0.25, 0.3) is 10.2 Å². The van der Waals surface area contributed by atoms with Crippen LogP contribution in [-0.2, 0) is 11.0 Å². The van der Waals surface area contributed by atoms with Crippen LogP contribution < -0.4 is 3.11 Å². The number of thiazole rings is 1. The van der Waals surface area contributed by atoms with Gasteiger partial charge in [0.1, 0.15) is 0 Å². The van der Waals surface area contributed by atoms with Crippen molar-refractivity contribution in [1.29, 1.82) is 0 Å². The van der Waals surface area contributed by atoms with Gasteiger partial charge in [-0.05, 0) is 18.2 Å². The average molecular weight is 372 g/mol. The summed E-state index contributed by atoms with van der Waals surface area (Å²) in [6, 6.07) is 3.31. The van der Waals surface area contributed by atoms with E-state index in [0.29, 0.717) is 21.8 Å². The first-order valence-corrected chi connectivity index (χ1v) is 6.08. The minimum absolute atomic E-state index is 0.356. The van der Waals surface area contributed by atoms with Gasteiger partial charge in [-0.25, -0.2) is 8.10 Å². The monoisotopic (exact) mass is 372 g/mol. The van der Waals surface area contributed by atoms with Crippen molar-refractivity contribution >= 4 is 56.0 Å². The van der Waals surface area contributed by atoms with E-state index in [2.05, 4.69) is 4.98 Å². The van der Waals surface area contributed by atoms with Crippen molar-refractivity contribution in [2.24, 2.45) is 0 Å². The Morgan fingerprint density at radius 2 is 2.12 bits per heavy atom. The molecule has 1 aromatic heterocycles. The first-order valence-electron chi connectivity index (χ1n) is 4.30. The van der Waals surface area contributed by atoms with Gasteiger partial charge in [0.2, 0.25) is 11.5 Å². The Hall–Kier alpha value is -0.900. The number of fused-ring (bicyclic) bond motifs is 1. The molecule has 3 nitrogen and oxygen atoms in total. The Labute approximate surface area is 112 Å². The summed E-state index contributed by atoms with van der Waals surface area (Å²) in [6.07, 6.45) is -3.82. The normalized spacial score (nSPS) is 11.8. The summed E-state index contributed by atoms with van der Waals surface area (Å²) in [6.45, 7) is 0. The molecule has 0 N–H and O–H groups in total. The molecule has 0 atom stereocenters. The lowest BCUT2D eigenvalue weighted by Crippen LogP contribution is -2.03. The highest BCUT2D eigenvalue weighted by atomic mass is 127. The lowest BCUT2D eigenvalue weighted by atomic mass is 10.2. The molecule has 0 saturated carbocycles. The molecule has 0 bridgehead atoms. The van der Waals surface area contributed by atoms with Crippen molar-refractivity contribution in [3.63, 3.8) is 0 Å². The molecule has 0 saturated heterocycles. The second-order valence-electron chi connectivity index (χ2n) is 3.09. The summed E-state index contributed by atoms with van der Waals surface area (Å²) in [7, 11) is 0. The summed E-state index contributed by atoms with van der Waals surface area (Å²) in [5.74, 6) is 0. The molecule has 0 radical (unpaired) electrons. The molecule has 0 aliphatic carbocycles. The molecule has 2 aromatic rings. The topological polar surface area (TPSA) is 33.2 Å². The lowest BCUT2D eigenvalue weighted by Gasteiger charge is -2.04. The van der Waals surface area contributed by atoms with E-state index in [0.717, 1.165) is 23.5 Å². The molecular formula is C9H4F3IN2OS. The van der Waals surface area contributed by atoms with Gasteiger partial charge >= 0.3 is 6.18 Å². The molecule has 17 heavy (non-hydrogen) atoms. The second kappa shape index (κ2) is 4.41. The Kier molecular flexibility index (Phi) is 3.25. The predicted octanol–water partition coefficient (Wildman–Crippen LogP) is 3.63. The maximum absolute atomic E-state index is 12.5. The number of benzene rings is 1. The number of aromatic nitrogens is 1. The number of alkyl halides is 3. The third-order valence-corrected chi connectivity index (χ3v) is 4.01. The Bertz CT molecular complexity index is 569. The van der Waals surface area contributed by atoms with Crippen LogP contribution in [0.3, 0.4) is 0 Å². The van der Waals surface area contributed by atoms with Gasteiger partial charge in [-0.1, -0.05) is 11.3 Å². The fourth-order valence-corrected chi connectivity index (χ4v) is 2.50. The standard InChI is InChI=1S/C9H4F3IN2OS/c10-9(11,12)5-1-2-6-7(3-5)17-8(14-6)15(13)4-16/h1-4H. The number of rotatable bonds is 2. The third-order valence-electron chi connectivity index (χ3n) is 1.98. The van der Waals surface area contributed by atoms with Crippen molar-refractivity contribution in [2.75, 3.05) is 3.11 Å². The van der Waals surface area contributed by atoms with E-state index < -0.39 is 11.7 Å². The number of halogens is 4. The number of carbonyl (C=O) groups excluding carboxylic acids is 1. The maximum Gasteiger partial charge on any atom is 0.416 e. The van der Waals surface area contributed by atoms with E-state index in [4.69, 9.17) is 0 Å². The Morgan fingerprint density at radius 3 is 2.71 bits per heavy atom. The molecular weight excluding hydrogens is 368 g/mol. The number of carbonyl (C=O) groups is 1. The van der Waals surface area contributed by atoms with E-state index in [9.17, 15) is 18.0 Å². The van der Waals surface area contributed by atoms with Gasteiger partial charge < -0.3 is 0 Å². The average Bonchev–Trinajstić information content (AvgIpc) is 2.69. The number of amides is 1. The summed E-state index contributed by atoms with van der Waals surface area (Å²) in [5.41, 5.74) is -0.271. The molecule has 0 fully saturated rings. The minimum atomic E-state index is -4.37. The fraction of sp³-hybridized carbons (Fsp3) is 0.111. The van der Waals surface area contributed by atoms with Crippen molar-refractivity contribution in [2.45, 2.75) is 6.18 Å². The summed E-state index contributed by atoms with van der Waals surface area (Å²) >= 11 is 2.76. The fourth-order valence-electron chi connectivity index (χ4n) is 1.23. The Morgan fingerprint density at radius 1 is 1.41 bits per heavy atom. The van der Waals surface area contributed by atoms with Gasteiger partial charge in [0.25, 0.3) is 0 Å². The molecule has 0 unspecified atom stereocenters. The SMILES string of the molecule is O=CN(I)c1nc2ccc(C(F)(F)F)cc2s1. The molecule has 1 aromatic carbocycles. The molecule has 0 aliphatic rings. The largest absolute Gasteiger partial charge is 0.416 e. The first-order chi connectivity index (χ1) is 7.91. The zero-order valence-corrected chi connectivity index (χ0v) is 11.0. The molecule has 1 amide bonds. The number of nitrogens with zero attached hydrogens (tertiary/aromatic N) is 2. The summed E-state index contributed by atoms with van der Waals surface area (Å²) in [4.78, 5) is 14.6. The smallest absolute Gasteiger partial charge is 0.277 e. The van der Waals surface area contributed by atoms with Gasteiger partial charge in [-0.15, -0.1) is 0 Å². The van der Waals surface area contributed by atoms with E-state index in [1.165, 1.54) is 9.18 Å². The van der Waals surface area contributed by atoms with Crippen molar-refractivity contribution < 1.29 is 18.0 Å². The van der Waals surface area contributed by atoms with E-state index >= 15 is 0 Å². The molecule has 0 spiro atoms. The predicted molar refractivity (Wildman–Crippen MR) is 67.2 cm³/mol. The van der Waals surface area contributed by atoms with Crippen molar-refractivity contribution in [1.82, 2.24) is 4.98 Å². The minimum Gasteiger partial charge on any atom is -0.277 e. The van der Waals surface area contributed by atoms with Crippen LogP contribution >= 0.6 is 34.2 Å². The van der Waals surface area contributed by atoms with Crippen LogP contribution in [0, 0.1) is 0 Å². The van der Waals surface area contributed by atoms with Crippen LogP contribution in [0.4, 0.5) is 18.3 Å². The maximum atomic E-state index is 12.5. The highest BCUT2D eigenvalue weighted by Crippen LogP contribution is 2.35. The number of hydrogen-bond donors (Lipinski definition) is 0. The van der Waals surface area contributed by atoms with Crippen LogP contribution in [0.15, 0.2) is 18.2 Å².